The van der Waals surface area contributed by atoms with Gasteiger partial charge in [-0.15, -0.1) is 0 Å². The lowest BCUT2D eigenvalue weighted by Crippen LogP contribution is -2.04. The Bertz CT molecular complexity index is 271. The number of rotatable bonds is 6. The second kappa shape index (κ2) is 6.75. The second-order valence-electron chi connectivity index (χ2n) is 3.55. The van der Waals surface area contributed by atoms with Crippen LogP contribution in [0.3, 0.4) is 0 Å². The van der Waals surface area contributed by atoms with Gasteiger partial charge in [0.1, 0.15) is 5.75 Å². The Balaban J connectivity index is 2.36. The fourth-order valence-corrected chi connectivity index (χ4v) is 1.67. The molecule has 0 saturated heterocycles. The first-order chi connectivity index (χ1) is 7.24. The third kappa shape index (κ3) is 4.58. The van der Waals surface area contributed by atoms with Gasteiger partial charge in [-0.1, -0.05) is 12.1 Å². The van der Waals surface area contributed by atoms with E-state index in [1.165, 1.54) is 0 Å². The van der Waals surface area contributed by atoms with Crippen LogP contribution in [0.2, 0.25) is 0 Å². The summed E-state index contributed by atoms with van der Waals surface area (Å²) >= 11 is 1.85. The van der Waals surface area contributed by atoms with Gasteiger partial charge in [0.2, 0.25) is 0 Å². The SMILES string of the molecule is CSCCCOc1ccc([C@@H](C)N)cc1. The van der Waals surface area contributed by atoms with Crippen molar-refractivity contribution in [3.63, 3.8) is 0 Å². The largest absolute Gasteiger partial charge is 0.494 e. The highest BCUT2D eigenvalue weighted by Gasteiger charge is 1.99. The van der Waals surface area contributed by atoms with E-state index in [9.17, 15) is 0 Å². The van der Waals surface area contributed by atoms with Crippen LogP contribution in [-0.2, 0) is 0 Å². The zero-order valence-corrected chi connectivity index (χ0v) is 10.2. The Morgan fingerprint density at radius 3 is 2.53 bits per heavy atom. The number of nitrogens with two attached hydrogens (primary N) is 1. The number of ether oxygens (including phenoxy) is 1. The molecule has 0 aliphatic heterocycles. The van der Waals surface area contributed by atoms with E-state index >= 15 is 0 Å². The Labute approximate surface area is 96.2 Å². The summed E-state index contributed by atoms with van der Waals surface area (Å²) in [5.74, 6) is 2.08. The van der Waals surface area contributed by atoms with Crippen LogP contribution in [0.1, 0.15) is 24.9 Å². The summed E-state index contributed by atoms with van der Waals surface area (Å²) in [5.41, 5.74) is 6.90. The molecule has 0 aliphatic carbocycles. The van der Waals surface area contributed by atoms with Crippen molar-refractivity contribution in [2.24, 2.45) is 5.73 Å². The molecule has 0 radical (unpaired) electrons. The average molecular weight is 225 g/mol. The van der Waals surface area contributed by atoms with E-state index < -0.39 is 0 Å². The van der Waals surface area contributed by atoms with Crippen molar-refractivity contribution in [1.29, 1.82) is 0 Å². The minimum Gasteiger partial charge on any atom is -0.494 e. The van der Waals surface area contributed by atoms with E-state index in [1.54, 1.807) is 0 Å². The first-order valence-corrected chi connectivity index (χ1v) is 6.60. The minimum atomic E-state index is 0.0931. The fourth-order valence-electron chi connectivity index (χ4n) is 1.26. The Kier molecular flexibility index (Phi) is 5.58. The summed E-state index contributed by atoms with van der Waals surface area (Å²) in [6.45, 7) is 2.77. The highest BCUT2D eigenvalue weighted by Crippen LogP contribution is 2.16. The van der Waals surface area contributed by atoms with Gasteiger partial charge in [0.05, 0.1) is 6.61 Å². The molecule has 0 aromatic heterocycles. The maximum atomic E-state index is 5.76. The normalized spacial score (nSPS) is 12.5. The van der Waals surface area contributed by atoms with E-state index in [0.29, 0.717) is 0 Å². The predicted molar refractivity (Wildman–Crippen MR) is 67.5 cm³/mol. The van der Waals surface area contributed by atoms with E-state index in [1.807, 2.05) is 43.0 Å². The molecule has 0 spiro atoms. The van der Waals surface area contributed by atoms with Gasteiger partial charge in [0.15, 0.2) is 0 Å². The molecule has 0 heterocycles. The van der Waals surface area contributed by atoms with Crippen LogP contribution in [0, 0.1) is 0 Å². The molecule has 2 N–H and O–H groups in total. The van der Waals surface area contributed by atoms with Crippen LogP contribution in [-0.4, -0.2) is 18.6 Å². The van der Waals surface area contributed by atoms with Crippen LogP contribution in [0.25, 0.3) is 0 Å². The summed E-state index contributed by atoms with van der Waals surface area (Å²) in [7, 11) is 0. The van der Waals surface area contributed by atoms with Crippen LogP contribution in [0.4, 0.5) is 0 Å². The molecule has 0 fully saturated rings. The third-order valence-corrected chi connectivity index (χ3v) is 2.86. The molecule has 15 heavy (non-hydrogen) atoms. The topological polar surface area (TPSA) is 35.2 Å². The molecule has 0 amide bonds. The third-order valence-electron chi connectivity index (χ3n) is 2.17. The number of hydrogen-bond acceptors (Lipinski definition) is 3. The molecule has 0 aliphatic rings. The van der Waals surface area contributed by atoms with Crippen LogP contribution >= 0.6 is 11.8 Å². The van der Waals surface area contributed by atoms with Gasteiger partial charge in [-0.3, -0.25) is 0 Å². The van der Waals surface area contributed by atoms with Gasteiger partial charge in [0.25, 0.3) is 0 Å². The lowest BCUT2D eigenvalue weighted by molar-refractivity contribution is 0.318. The summed E-state index contributed by atoms with van der Waals surface area (Å²) in [6, 6.07) is 8.11. The summed E-state index contributed by atoms with van der Waals surface area (Å²) in [5, 5.41) is 0. The van der Waals surface area contributed by atoms with Gasteiger partial charge < -0.3 is 10.5 Å². The van der Waals surface area contributed by atoms with Gasteiger partial charge >= 0.3 is 0 Å². The van der Waals surface area contributed by atoms with Crippen molar-refractivity contribution in [1.82, 2.24) is 0 Å². The van der Waals surface area contributed by atoms with Gasteiger partial charge in [-0.2, -0.15) is 11.8 Å². The molecular weight excluding hydrogens is 206 g/mol. The second-order valence-corrected chi connectivity index (χ2v) is 4.54. The highest BCUT2D eigenvalue weighted by molar-refractivity contribution is 7.98. The van der Waals surface area contributed by atoms with Crippen LogP contribution in [0.15, 0.2) is 24.3 Å². The Hall–Kier alpha value is -0.670. The van der Waals surface area contributed by atoms with Crippen LogP contribution in [0.5, 0.6) is 5.75 Å². The van der Waals surface area contributed by atoms with E-state index in [2.05, 4.69) is 6.26 Å². The lowest BCUT2D eigenvalue weighted by atomic mass is 10.1. The molecule has 0 saturated carbocycles. The smallest absolute Gasteiger partial charge is 0.119 e. The van der Waals surface area contributed by atoms with Crippen LogP contribution < -0.4 is 10.5 Å². The standard InChI is InChI=1S/C12H19NOS/c1-10(13)11-4-6-12(7-5-11)14-8-3-9-15-2/h4-7,10H,3,8-9,13H2,1-2H3/t10-/m1/s1. The van der Waals surface area contributed by atoms with Crippen molar-refractivity contribution in [2.45, 2.75) is 19.4 Å². The number of hydrogen-bond donors (Lipinski definition) is 1. The van der Waals surface area contributed by atoms with Gasteiger partial charge in [0, 0.05) is 6.04 Å². The molecule has 1 atom stereocenters. The maximum absolute atomic E-state index is 5.76. The van der Waals surface area contributed by atoms with Crippen molar-refractivity contribution < 1.29 is 4.74 Å². The minimum absolute atomic E-state index is 0.0931. The molecule has 3 heteroatoms. The molecule has 2 nitrogen and oxygen atoms in total. The maximum Gasteiger partial charge on any atom is 0.119 e. The predicted octanol–water partition coefficient (Wildman–Crippen LogP) is 2.84. The van der Waals surface area contributed by atoms with Gasteiger partial charge in [-0.25, -0.2) is 0 Å². The summed E-state index contributed by atoms with van der Waals surface area (Å²) < 4.78 is 5.59. The number of benzene rings is 1. The van der Waals surface area contributed by atoms with Gasteiger partial charge in [-0.05, 0) is 43.0 Å². The molecular formula is C12H19NOS. The Morgan fingerprint density at radius 2 is 2.00 bits per heavy atom. The quantitative estimate of drug-likeness (QED) is 0.756. The van der Waals surface area contributed by atoms with Crippen molar-refractivity contribution in [2.75, 3.05) is 18.6 Å². The van der Waals surface area contributed by atoms with E-state index in [-0.39, 0.29) is 6.04 Å². The molecule has 1 rings (SSSR count). The molecule has 0 unspecified atom stereocenters. The molecule has 1 aromatic rings. The highest BCUT2D eigenvalue weighted by atomic mass is 32.2. The number of thioether (sulfide) groups is 1. The van der Waals surface area contributed by atoms with Crippen molar-refractivity contribution in [3.8, 4) is 5.75 Å². The van der Waals surface area contributed by atoms with Crippen molar-refractivity contribution >= 4 is 11.8 Å². The lowest BCUT2D eigenvalue weighted by Gasteiger charge is -2.08. The first kappa shape index (κ1) is 12.4. The molecule has 1 aromatic carbocycles. The van der Waals surface area contributed by atoms with E-state index in [0.717, 1.165) is 30.1 Å². The fraction of sp³-hybridized carbons (Fsp3) is 0.500. The average Bonchev–Trinajstić information content (AvgIpc) is 2.25. The first-order valence-electron chi connectivity index (χ1n) is 5.21. The Morgan fingerprint density at radius 1 is 1.33 bits per heavy atom. The van der Waals surface area contributed by atoms with Crippen molar-refractivity contribution in [3.05, 3.63) is 29.8 Å². The summed E-state index contributed by atoms with van der Waals surface area (Å²) in [6.07, 6.45) is 3.20. The zero-order chi connectivity index (χ0) is 11.1. The van der Waals surface area contributed by atoms with E-state index in [4.69, 9.17) is 10.5 Å². The molecule has 0 bridgehead atoms. The molecule has 84 valence electrons. The zero-order valence-electron chi connectivity index (χ0n) is 9.40. The summed E-state index contributed by atoms with van der Waals surface area (Å²) in [4.78, 5) is 0. The monoisotopic (exact) mass is 225 g/mol.